The van der Waals surface area contributed by atoms with Crippen LogP contribution in [0.4, 0.5) is 0 Å². The van der Waals surface area contributed by atoms with Crippen molar-refractivity contribution >= 4 is 16.9 Å². The van der Waals surface area contributed by atoms with Crippen LogP contribution in [0.15, 0.2) is 65.2 Å². The van der Waals surface area contributed by atoms with E-state index in [-0.39, 0.29) is 11.9 Å². The Bertz CT molecular complexity index is 1140. The van der Waals surface area contributed by atoms with E-state index < -0.39 is 0 Å². The zero-order valence-corrected chi connectivity index (χ0v) is 16.9. The van der Waals surface area contributed by atoms with Crippen LogP contribution < -0.4 is 4.74 Å². The number of fused-ring (bicyclic) bond motifs is 1. The summed E-state index contributed by atoms with van der Waals surface area (Å²) in [7, 11) is 3.37. The number of carbonyl (C=O) groups excluding carboxylic acids is 1. The minimum absolute atomic E-state index is 0.177. The highest BCUT2D eigenvalue weighted by atomic mass is 16.5. The van der Waals surface area contributed by atoms with Crippen molar-refractivity contribution in [2.24, 2.45) is 0 Å². The molecule has 0 fully saturated rings. The minimum atomic E-state index is -0.228. The molecule has 0 N–H and O–H groups in total. The number of amides is 1. The molecule has 0 spiro atoms. The van der Waals surface area contributed by atoms with Crippen molar-refractivity contribution in [1.82, 2.24) is 14.7 Å². The van der Waals surface area contributed by atoms with Gasteiger partial charge in [0.15, 0.2) is 5.69 Å². The Hall–Kier alpha value is -3.54. The predicted octanol–water partition coefficient (Wildman–Crippen LogP) is 4.77. The maximum absolute atomic E-state index is 13.0. The molecule has 0 aliphatic rings. The third-order valence-corrected chi connectivity index (χ3v) is 5.15. The van der Waals surface area contributed by atoms with E-state index in [1.54, 1.807) is 36.0 Å². The number of nitrogens with zero attached hydrogens (tertiary/aromatic N) is 3. The Kier molecular flexibility index (Phi) is 4.84. The van der Waals surface area contributed by atoms with Gasteiger partial charge in [-0.05, 0) is 49.7 Å². The number of aryl methyl sites for hydroxylation is 1. The average Bonchev–Trinajstić information content (AvgIpc) is 3.39. The van der Waals surface area contributed by atoms with E-state index in [0.29, 0.717) is 11.4 Å². The van der Waals surface area contributed by atoms with Gasteiger partial charge in [-0.1, -0.05) is 24.3 Å². The molecule has 29 heavy (non-hydrogen) atoms. The van der Waals surface area contributed by atoms with Crippen LogP contribution in [-0.2, 0) is 0 Å². The lowest BCUT2D eigenvalue weighted by molar-refractivity contribution is 0.0721. The molecule has 0 aliphatic heterocycles. The molecule has 2 aromatic heterocycles. The Balaban J connectivity index is 1.59. The molecule has 1 unspecified atom stereocenters. The third kappa shape index (κ3) is 3.49. The molecular weight excluding hydrogens is 366 g/mol. The number of benzene rings is 2. The van der Waals surface area contributed by atoms with E-state index >= 15 is 0 Å². The normalized spacial score (nSPS) is 12.1. The molecule has 4 rings (SSSR count). The first-order valence-electron chi connectivity index (χ1n) is 9.44. The molecule has 6 heteroatoms. The fourth-order valence-corrected chi connectivity index (χ4v) is 3.31. The quantitative estimate of drug-likeness (QED) is 0.493. The van der Waals surface area contributed by atoms with E-state index in [1.165, 1.54) is 0 Å². The molecule has 1 amide bonds. The number of carbonyl (C=O) groups is 1. The van der Waals surface area contributed by atoms with Gasteiger partial charge in [0.05, 0.1) is 13.2 Å². The highest BCUT2D eigenvalue weighted by Crippen LogP contribution is 2.28. The van der Waals surface area contributed by atoms with Crippen LogP contribution in [0, 0.1) is 6.92 Å². The summed E-state index contributed by atoms with van der Waals surface area (Å²) in [6.45, 7) is 3.94. The first kappa shape index (κ1) is 18.8. The van der Waals surface area contributed by atoms with Crippen LogP contribution in [-0.4, -0.2) is 34.7 Å². The van der Waals surface area contributed by atoms with Gasteiger partial charge in [0, 0.05) is 18.6 Å². The second-order valence-corrected chi connectivity index (χ2v) is 7.10. The molecule has 0 saturated heterocycles. The van der Waals surface area contributed by atoms with E-state index in [2.05, 4.69) is 5.10 Å². The third-order valence-electron chi connectivity index (χ3n) is 5.15. The first-order chi connectivity index (χ1) is 14.0. The number of hydrogen-bond donors (Lipinski definition) is 0. The van der Waals surface area contributed by atoms with Crippen LogP contribution in [0.25, 0.3) is 16.7 Å². The number of rotatable bonds is 5. The fourth-order valence-electron chi connectivity index (χ4n) is 3.31. The summed E-state index contributed by atoms with van der Waals surface area (Å²) >= 11 is 0. The first-order valence-corrected chi connectivity index (χ1v) is 9.44. The molecule has 0 saturated carbocycles. The van der Waals surface area contributed by atoms with Gasteiger partial charge in [0.1, 0.15) is 22.8 Å². The van der Waals surface area contributed by atoms with Crippen molar-refractivity contribution in [1.29, 1.82) is 0 Å². The molecule has 0 bridgehead atoms. The summed E-state index contributed by atoms with van der Waals surface area (Å²) in [5.41, 5.74) is 3.05. The summed E-state index contributed by atoms with van der Waals surface area (Å²) in [4.78, 5) is 14.7. The van der Waals surface area contributed by atoms with Gasteiger partial charge in [-0.3, -0.25) is 4.79 Å². The standard InChI is InChI=1S/C23H23N3O3/c1-15-9-10-21(28-4)19(13-15)26-12-11-18(24-26)23(27)25(3)16(2)22-14-17-7-5-6-8-20(17)29-22/h5-14,16H,1-4H3. The van der Waals surface area contributed by atoms with Crippen LogP contribution in [0.2, 0.25) is 0 Å². The summed E-state index contributed by atoms with van der Waals surface area (Å²) in [5.74, 6) is 1.26. The van der Waals surface area contributed by atoms with E-state index in [0.717, 1.165) is 28.0 Å². The van der Waals surface area contributed by atoms with E-state index in [1.807, 2.05) is 62.4 Å². The molecular formula is C23H23N3O3. The maximum Gasteiger partial charge on any atom is 0.274 e. The number of aromatic nitrogens is 2. The zero-order chi connectivity index (χ0) is 20.5. The molecule has 1 atom stereocenters. The zero-order valence-electron chi connectivity index (χ0n) is 16.9. The van der Waals surface area contributed by atoms with Gasteiger partial charge in [0.2, 0.25) is 0 Å². The van der Waals surface area contributed by atoms with Crippen molar-refractivity contribution in [2.75, 3.05) is 14.2 Å². The Morgan fingerprint density at radius 2 is 1.97 bits per heavy atom. The van der Waals surface area contributed by atoms with E-state index in [4.69, 9.17) is 9.15 Å². The van der Waals surface area contributed by atoms with Gasteiger partial charge in [0.25, 0.3) is 5.91 Å². The highest BCUT2D eigenvalue weighted by molar-refractivity contribution is 5.92. The molecule has 6 nitrogen and oxygen atoms in total. The Morgan fingerprint density at radius 3 is 2.72 bits per heavy atom. The van der Waals surface area contributed by atoms with Gasteiger partial charge in [-0.2, -0.15) is 5.10 Å². The van der Waals surface area contributed by atoms with Gasteiger partial charge in [-0.15, -0.1) is 0 Å². The molecule has 0 radical (unpaired) electrons. The molecule has 4 aromatic rings. The van der Waals surface area contributed by atoms with Crippen molar-refractivity contribution in [3.05, 3.63) is 77.8 Å². The van der Waals surface area contributed by atoms with Crippen molar-refractivity contribution in [2.45, 2.75) is 19.9 Å². The maximum atomic E-state index is 13.0. The van der Waals surface area contributed by atoms with Crippen LogP contribution >= 0.6 is 0 Å². The molecule has 2 aromatic carbocycles. The molecule has 148 valence electrons. The summed E-state index contributed by atoms with van der Waals surface area (Å²) in [6, 6.07) is 17.1. The minimum Gasteiger partial charge on any atom is -0.494 e. The lowest BCUT2D eigenvalue weighted by Crippen LogP contribution is -2.29. The summed E-state index contributed by atoms with van der Waals surface area (Å²) < 4.78 is 13.0. The fraction of sp³-hybridized carbons (Fsp3) is 0.217. The van der Waals surface area contributed by atoms with Crippen LogP contribution in [0.5, 0.6) is 5.75 Å². The van der Waals surface area contributed by atoms with Gasteiger partial charge < -0.3 is 14.1 Å². The lowest BCUT2D eigenvalue weighted by atomic mass is 10.2. The average molecular weight is 389 g/mol. The van der Waals surface area contributed by atoms with Gasteiger partial charge in [-0.25, -0.2) is 4.68 Å². The second-order valence-electron chi connectivity index (χ2n) is 7.10. The summed E-state index contributed by atoms with van der Waals surface area (Å²) in [6.07, 6.45) is 1.77. The second kappa shape index (κ2) is 7.47. The van der Waals surface area contributed by atoms with Crippen molar-refractivity contribution in [3.63, 3.8) is 0 Å². The van der Waals surface area contributed by atoms with Crippen LogP contribution in [0.1, 0.15) is 34.8 Å². The topological polar surface area (TPSA) is 60.5 Å². The lowest BCUT2D eigenvalue weighted by Gasteiger charge is -2.22. The number of hydrogen-bond acceptors (Lipinski definition) is 4. The predicted molar refractivity (Wildman–Crippen MR) is 112 cm³/mol. The van der Waals surface area contributed by atoms with Gasteiger partial charge >= 0.3 is 0 Å². The SMILES string of the molecule is COc1ccc(C)cc1-n1ccc(C(=O)N(C)C(C)c2cc3ccccc3o2)n1. The number of para-hydroxylation sites is 1. The van der Waals surface area contributed by atoms with E-state index in [9.17, 15) is 4.79 Å². The molecule has 0 aliphatic carbocycles. The van der Waals surface area contributed by atoms with Crippen molar-refractivity contribution in [3.8, 4) is 11.4 Å². The highest BCUT2D eigenvalue weighted by Gasteiger charge is 2.24. The Labute approximate surface area is 169 Å². The van der Waals surface area contributed by atoms with Crippen LogP contribution in [0.3, 0.4) is 0 Å². The summed E-state index contributed by atoms with van der Waals surface area (Å²) in [5, 5.41) is 5.50. The number of methoxy groups -OCH3 is 1. The largest absolute Gasteiger partial charge is 0.494 e. The molecule has 2 heterocycles. The number of ether oxygens (including phenoxy) is 1. The monoisotopic (exact) mass is 389 g/mol. The van der Waals surface area contributed by atoms with Crippen molar-refractivity contribution < 1.29 is 13.9 Å². The smallest absolute Gasteiger partial charge is 0.274 e. The number of furan rings is 1. The Morgan fingerprint density at radius 1 is 1.17 bits per heavy atom.